The van der Waals surface area contributed by atoms with Crippen LogP contribution in [0.4, 0.5) is 0 Å². The Balaban J connectivity index is 1.44. The topological polar surface area (TPSA) is 91.0 Å². The molecule has 0 spiro atoms. The number of hydrogen-bond acceptors (Lipinski definition) is 7. The molecule has 1 aliphatic heterocycles. The highest BCUT2D eigenvalue weighted by molar-refractivity contribution is 5.66. The van der Waals surface area contributed by atoms with Crippen LogP contribution in [0.2, 0.25) is 0 Å². The van der Waals surface area contributed by atoms with Crippen molar-refractivity contribution in [3.63, 3.8) is 0 Å². The van der Waals surface area contributed by atoms with E-state index in [4.69, 9.17) is 19.2 Å². The molecule has 6 rings (SSSR count). The zero-order valence-corrected chi connectivity index (χ0v) is 19.2. The molecule has 1 aliphatic rings. The maximum Gasteiger partial charge on any atom is 0.228 e. The summed E-state index contributed by atoms with van der Waals surface area (Å²) in [7, 11) is 1.64. The smallest absolute Gasteiger partial charge is 0.228 e. The first kappa shape index (κ1) is 21.0. The lowest BCUT2D eigenvalue weighted by Crippen LogP contribution is -2.15. The van der Waals surface area contributed by atoms with Gasteiger partial charge < -0.3 is 19.3 Å². The van der Waals surface area contributed by atoms with Gasteiger partial charge in [-0.3, -0.25) is 0 Å². The molecule has 0 amide bonds. The molecule has 0 bridgehead atoms. The number of aromatic nitrogens is 4. The predicted molar refractivity (Wildman–Crippen MR) is 128 cm³/mol. The van der Waals surface area contributed by atoms with Crippen LogP contribution < -0.4 is 14.2 Å². The quantitative estimate of drug-likeness (QED) is 0.382. The van der Waals surface area contributed by atoms with Crippen LogP contribution in [0.1, 0.15) is 34.0 Å². The third-order valence-corrected chi connectivity index (χ3v) is 6.07. The zero-order chi connectivity index (χ0) is 23.9. The first-order valence-corrected chi connectivity index (χ1v) is 11.2. The second-order valence-corrected chi connectivity index (χ2v) is 8.39. The molecule has 174 valence electrons. The molecule has 0 radical (unpaired) electrons. The van der Waals surface area contributed by atoms with Crippen LogP contribution in [-0.4, -0.2) is 31.8 Å². The Kier molecular flexibility index (Phi) is 4.99. The Hall–Kier alpha value is -4.59. The number of benzene rings is 3. The Morgan fingerprint density at radius 2 is 1.77 bits per heavy atom. The minimum absolute atomic E-state index is 0.125. The van der Waals surface area contributed by atoms with Crippen molar-refractivity contribution < 1.29 is 19.3 Å². The molecular formula is C27H22N4O4. The number of aromatic hydroxyl groups is 1. The molecule has 0 fully saturated rings. The molecule has 5 aromatic rings. The van der Waals surface area contributed by atoms with Crippen LogP contribution in [0.25, 0.3) is 5.65 Å². The van der Waals surface area contributed by atoms with Crippen LogP contribution >= 0.6 is 0 Å². The molecule has 3 aromatic carbocycles. The molecule has 0 saturated carbocycles. The molecule has 0 unspecified atom stereocenters. The third kappa shape index (κ3) is 3.78. The van der Waals surface area contributed by atoms with Gasteiger partial charge in [-0.05, 0) is 42.8 Å². The van der Waals surface area contributed by atoms with Crippen molar-refractivity contribution in [1.29, 1.82) is 0 Å². The summed E-state index contributed by atoms with van der Waals surface area (Å²) >= 11 is 0. The molecule has 2 aromatic heterocycles. The van der Waals surface area contributed by atoms with E-state index in [2.05, 4.69) is 10.1 Å². The van der Waals surface area contributed by atoms with Crippen molar-refractivity contribution in [1.82, 2.24) is 19.6 Å². The van der Waals surface area contributed by atoms with Gasteiger partial charge in [-0.25, -0.2) is 14.5 Å². The summed E-state index contributed by atoms with van der Waals surface area (Å²) < 4.78 is 19.0. The summed E-state index contributed by atoms with van der Waals surface area (Å²) in [5.41, 5.74) is 4.51. The van der Waals surface area contributed by atoms with Crippen molar-refractivity contribution in [2.24, 2.45) is 0 Å². The average Bonchev–Trinajstić information content (AvgIpc) is 3.30. The summed E-state index contributed by atoms with van der Waals surface area (Å²) in [6, 6.07) is 20.8. The zero-order valence-electron chi connectivity index (χ0n) is 19.2. The normalized spacial score (nSPS) is 14.2. The van der Waals surface area contributed by atoms with E-state index >= 15 is 0 Å². The van der Waals surface area contributed by atoms with Crippen LogP contribution in [0.15, 0.2) is 73.1 Å². The van der Waals surface area contributed by atoms with Gasteiger partial charge in [0.2, 0.25) is 5.88 Å². The van der Waals surface area contributed by atoms with Gasteiger partial charge in [0, 0.05) is 17.5 Å². The third-order valence-electron chi connectivity index (χ3n) is 6.07. The second-order valence-electron chi connectivity index (χ2n) is 8.39. The molecule has 3 heterocycles. The lowest BCUT2D eigenvalue weighted by molar-refractivity contribution is 0.296. The highest BCUT2D eigenvalue weighted by Crippen LogP contribution is 2.48. The predicted octanol–water partition coefficient (Wildman–Crippen LogP) is 5.01. The fraction of sp³-hybridized carbons (Fsp3) is 0.148. The first-order chi connectivity index (χ1) is 17.1. The number of aryl methyl sites for hydroxylation is 1. The van der Waals surface area contributed by atoms with Gasteiger partial charge in [0.05, 0.1) is 12.7 Å². The maximum atomic E-state index is 10.0. The van der Waals surface area contributed by atoms with Crippen LogP contribution in [0, 0.1) is 6.92 Å². The first-order valence-electron chi connectivity index (χ1n) is 11.2. The molecule has 8 heteroatoms. The summed E-state index contributed by atoms with van der Waals surface area (Å²) in [6.07, 6.45) is 1.58. The van der Waals surface area contributed by atoms with E-state index in [-0.39, 0.29) is 18.3 Å². The van der Waals surface area contributed by atoms with E-state index in [1.54, 1.807) is 30.1 Å². The van der Waals surface area contributed by atoms with E-state index in [1.807, 2.05) is 61.5 Å². The van der Waals surface area contributed by atoms with Gasteiger partial charge in [-0.15, -0.1) is 5.10 Å². The fourth-order valence-corrected chi connectivity index (χ4v) is 4.33. The van der Waals surface area contributed by atoms with Crippen molar-refractivity contribution in [3.8, 4) is 28.9 Å². The van der Waals surface area contributed by atoms with Gasteiger partial charge in [-0.2, -0.15) is 0 Å². The van der Waals surface area contributed by atoms with Gasteiger partial charge >= 0.3 is 0 Å². The van der Waals surface area contributed by atoms with E-state index in [0.717, 1.165) is 28.2 Å². The Bertz CT molecular complexity index is 1530. The number of methoxy groups -OCH3 is 1. The molecular weight excluding hydrogens is 444 g/mol. The Morgan fingerprint density at radius 1 is 1.00 bits per heavy atom. The number of nitrogens with zero attached hydrogens (tertiary/aromatic N) is 4. The average molecular weight is 466 g/mol. The summed E-state index contributed by atoms with van der Waals surface area (Å²) in [5.74, 6) is 2.92. The fourth-order valence-electron chi connectivity index (χ4n) is 4.33. The van der Waals surface area contributed by atoms with E-state index < -0.39 is 0 Å². The standard InChI is InChI=1S/C27H22N4O4/c1-16-3-8-20(9-4-16)34-14-23-29-26-25-24(17-5-10-19(33-2)11-6-17)21-12-7-18(32)13-22(21)35-27(25)28-15-31(26)30-23/h3-13,15,24,32H,14H2,1-2H3/t24-/m1/s1. The lowest BCUT2D eigenvalue weighted by atomic mass is 9.84. The van der Waals surface area contributed by atoms with Crippen molar-refractivity contribution >= 4 is 5.65 Å². The van der Waals surface area contributed by atoms with Gasteiger partial charge in [0.1, 0.15) is 35.9 Å². The number of fused-ring (bicyclic) bond motifs is 4. The minimum atomic E-state index is -0.230. The summed E-state index contributed by atoms with van der Waals surface area (Å²) in [4.78, 5) is 9.31. The van der Waals surface area contributed by atoms with E-state index in [0.29, 0.717) is 23.1 Å². The number of hydrogen-bond donors (Lipinski definition) is 1. The Morgan fingerprint density at radius 3 is 2.54 bits per heavy atom. The van der Waals surface area contributed by atoms with E-state index in [1.165, 1.54) is 5.56 Å². The number of phenols is 1. The monoisotopic (exact) mass is 466 g/mol. The SMILES string of the molecule is COc1ccc([C@@H]2c3ccc(O)cc3Oc3ncn4nc(COc5ccc(C)cc5)nc4c32)cc1. The van der Waals surface area contributed by atoms with Crippen LogP contribution in [-0.2, 0) is 6.61 Å². The maximum absolute atomic E-state index is 10.0. The van der Waals surface area contributed by atoms with E-state index in [9.17, 15) is 5.11 Å². The van der Waals surface area contributed by atoms with Crippen molar-refractivity contribution in [2.75, 3.05) is 7.11 Å². The van der Waals surface area contributed by atoms with Crippen molar-refractivity contribution in [2.45, 2.75) is 19.4 Å². The molecule has 1 atom stereocenters. The largest absolute Gasteiger partial charge is 0.508 e. The summed E-state index contributed by atoms with van der Waals surface area (Å²) in [6.45, 7) is 2.25. The summed E-state index contributed by atoms with van der Waals surface area (Å²) in [5, 5.41) is 14.6. The lowest BCUT2D eigenvalue weighted by Gasteiger charge is -2.28. The van der Waals surface area contributed by atoms with Crippen LogP contribution in [0.5, 0.6) is 28.9 Å². The molecule has 1 N–H and O–H groups in total. The number of phenolic OH excluding ortho intramolecular Hbond substituents is 1. The number of rotatable bonds is 5. The minimum Gasteiger partial charge on any atom is -0.508 e. The van der Waals surface area contributed by atoms with Crippen molar-refractivity contribution in [3.05, 3.63) is 101 Å². The Labute approximate surface area is 201 Å². The van der Waals surface area contributed by atoms with Gasteiger partial charge in [0.15, 0.2) is 11.5 Å². The van der Waals surface area contributed by atoms with Crippen LogP contribution in [0.3, 0.4) is 0 Å². The molecule has 35 heavy (non-hydrogen) atoms. The molecule has 0 saturated heterocycles. The molecule has 8 nitrogen and oxygen atoms in total. The van der Waals surface area contributed by atoms with Gasteiger partial charge in [0.25, 0.3) is 0 Å². The highest BCUT2D eigenvalue weighted by atomic mass is 16.5. The van der Waals surface area contributed by atoms with Gasteiger partial charge in [-0.1, -0.05) is 35.9 Å². The highest BCUT2D eigenvalue weighted by Gasteiger charge is 2.33. The second kappa shape index (κ2) is 8.32. The molecule has 0 aliphatic carbocycles. The number of ether oxygens (including phenoxy) is 3.